The number of aromatic nitrogens is 6. The molecule has 2 aliphatic heterocycles. The second kappa shape index (κ2) is 24.4. The number of amides is 2. The summed E-state index contributed by atoms with van der Waals surface area (Å²) in [5, 5.41) is 25.1. The monoisotopic (exact) mass is 1170 g/mol. The average molecular weight is 1170 g/mol. The normalized spacial score (nSPS) is 21.3. The Kier molecular flexibility index (Phi) is 20.3. The number of anilines is 2. The molecule has 2 aromatic carbocycles. The molecule has 0 saturated carbocycles. The molecule has 0 spiro atoms. The molecule has 2 N–H and O–H groups in total. The van der Waals surface area contributed by atoms with E-state index in [-0.39, 0.29) is 116 Å². The van der Waals surface area contributed by atoms with Gasteiger partial charge in [-0.15, -0.1) is 5.60 Å². The van der Waals surface area contributed by atoms with E-state index in [1.807, 2.05) is 65.2 Å². The van der Waals surface area contributed by atoms with E-state index < -0.39 is 22.2 Å². The number of hydrogen-bond acceptors (Lipinski definition) is 11. The summed E-state index contributed by atoms with van der Waals surface area (Å²) >= 11 is 2.39. The Morgan fingerprint density at radius 2 is 1.08 bits per heavy atom. The number of halogens is 1. The molecule has 19 heteroatoms. The van der Waals surface area contributed by atoms with Crippen LogP contribution in [0.5, 0.6) is 0 Å². The molecule has 2 fully saturated rings. The van der Waals surface area contributed by atoms with Crippen molar-refractivity contribution in [1.82, 2.24) is 29.2 Å². The summed E-state index contributed by atoms with van der Waals surface area (Å²) in [6, 6.07) is 26.0. The van der Waals surface area contributed by atoms with Gasteiger partial charge in [-0.1, -0.05) is 142 Å². The molecule has 73 heavy (non-hydrogen) atoms. The summed E-state index contributed by atoms with van der Waals surface area (Å²) < 4.78 is 31.0. The van der Waals surface area contributed by atoms with Crippen LogP contribution in [0.2, 0.25) is 36.3 Å². The van der Waals surface area contributed by atoms with Crippen LogP contribution in [-0.4, -0.2) is 86.0 Å². The Hall–Kier alpha value is -3.20. The van der Waals surface area contributed by atoms with E-state index in [0.29, 0.717) is 34.0 Å². The topological polar surface area (TPSA) is 179 Å². The quantitative estimate of drug-likeness (QED) is 0.0721. The van der Waals surface area contributed by atoms with Crippen LogP contribution in [0.3, 0.4) is 0 Å². The molecule has 0 radical (unpaired) electrons. The van der Waals surface area contributed by atoms with Gasteiger partial charge >= 0.3 is 51.4 Å². The van der Waals surface area contributed by atoms with Gasteiger partial charge in [0.1, 0.15) is 29.8 Å². The first kappa shape index (κ1) is 60.7. The fourth-order valence-electron chi connectivity index (χ4n) is 7.74. The van der Waals surface area contributed by atoms with E-state index >= 15 is 0 Å². The number of nitrogens with zero attached hydrogens (tertiary/aromatic N) is 6. The first-order valence-corrected chi connectivity index (χ1v) is 31.9. The predicted molar refractivity (Wildman–Crippen MR) is 296 cm³/mol. The summed E-state index contributed by atoms with van der Waals surface area (Å²) in [5.74, 6) is 1.49. The molecule has 0 bridgehead atoms. The van der Waals surface area contributed by atoms with Crippen LogP contribution in [0.15, 0.2) is 110 Å². The number of fused-ring (bicyclic) bond motifs is 2. The van der Waals surface area contributed by atoms with Crippen LogP contribution in [0.1, 0.15) is 120 Å². The van der Waals surface area contributed by atoms with E-state index in [4.69, 9.17) is 18.3 Å². The van der Waals surface area contributed by atoms with Gasteiger partial charge in [-0.2, -0.15) is 10.2 Å². The van der Waals surface area contributed by atoms with E-state index in [2.05, 4.69) is 142 Å². The van der Waals surface area contributed by atoms with Gasteiger partial charge in [0.05, 0.1) is 35.5 Å². The van der Waals surface area contributed by atoms with Gasteiger partial charge < -0.3 is 34.1 Å². The molecule has 2 aliphatic rings. The minimum Gasteiger partial charge on any atom is -0.850 e. The number of carbonyl (C=O) groups is 2. The molecule has 0 aliphatic carbocycles. The third kappa shape index (κ3) is 14.6. The second-order valence-corrected chi connectivity index (χ2v) is 33.1. The van der Waals surface area contributed by atoms with Crippen LogP contribution >= 0.6 is 22.6 Å². The van der Waals surface area contributed by atoms with Gasteiger partial charge in [-0.05, 0) is 84.8 Å². The number of ether oxygens (including phenoxy) is 2. The summed E-state index contributed by atoms with van der Waals surface area (Å²) in [6.07, 6.45) is 2.16. The Labute approximate surface area is 490 Å². The van der Waals surface area contributed by atoms with Crippen LogP contribution in [-0.2, 0) is 18.3 Å². The predicted octanol–water partition coefficient (Wildman–Crippen LogP) is 8.63. The van der Waals surface area contributed by atoms with Crippen LogP contribution < -0.4 is 67.1 Å². The van der Waals surface area contributed by atoms with Crippen molar-refractivity contribution in [3.63, 3.8) is 0 Å². The van der Waals surface area contributed by atoms with E-state index in [1.165, 1.54) is 12.7 Å². The maximum Gasteiger partial charge on any atom is 1.00 e. The number of carbonyl (C=O) groups excluding carboxylic acids is 2. The van der Waals surface area contributed by atoms with Crippen LogP contribution in [0, 0.1) is 11.8 Å². The molecule has 15 nitrogen and oxygen atoms in total. The van der Waals surface area contributed by atoms with Crippen molar-refractivity contribution in [1.29, 1.82) is 0 Å². The fraction of sp³-hybridized carbons (Fsp3) is 0.481. The van der Waals surface area contributed by atoms with Crippen molar-refractivity contribution in [3.05, 3.63) is 132 Å². The number of rotatable bonds is 11. The smallest absolute Gasteiger partial charge is 0.850 e. The first-order chi connectivity index (χ1) is 33.5. The largest absolute Gasteiger partial charge is 1.00 e. The number of hydrogen-bond donors (Lipinski definition) is 2. The molecule has 8 rings (SSSR count). The molecule has 388 valence electrons. The summed E-state index contributed by atoms with van der Waals surface area (Å²) in [5.41, 5.74) is 3.56. The molecular weight excluding hydrogens is 1090 g/mol. The molecule has 4 aromatic heterocycles. The zero-order valence-electron chi connectivity index (χ0n) is 45.6. The maximum absolute atomic E-state index is 12.7. The SMILES string of the molecule is C=C1O[C@@H](c2ccc3c(NC(=O)c4ccccc4)ncnn23)[C@H](O[Si](C)(C)C(C)(C)C)[C@@H]1C.CC(C)(C)[O-].C[C@H]1[C@@H](O[Si](C)(C)C(C)(C)C)[C@H](c2ccc3c(NC(=O)c4ccccc4)ncnn23)O[C@@H]1CI.[K+]. The van der Waals surface area contributed by atoms with Gasteiger partial charge in [0.25, 0.3) is 11.8 Å². The standard InChI is InChI=1S/C25H33IN4O3Si.C25H32N4O3Si.C4H9O.K/c1-16-20(14-26)32-22(21(16)33-34(5,6)25(2,3)4)18-12-13-19-23(27-15-28-30(18)19)29-24(31)17-10-8-7-9-11-17;1-16-17(2)31-22(21(16)32-33(6,7)25(3,4)5)19-13-14-20-23(26-15-27-29(19)20)28-24(30)18-11-9-8-10-12-18;1-4(2,3)5;/h7-13,15-16,20-22H,14H2,1-6H3,(H,27,28,29,31);8-16,21-22H,2H2,1,3-7H3,(H,26,27,28,30);1-3H3;/q;;-1;+1/t16-,20-,21-,22+;16-,21-,22+;;/m11../s1. The molecular formula is C54H74IKN8O7Si2. The van der Waals surface area contributed by atoms with Crippen molar-refractivity contribution >= 4 is 73.7 Å². The van der Waals surface area contributed by atoms with Gasteiger partial charge in [0, 0.05) is 27.4 Å². The molecule has 7 atom stereocenters. The van der Waals surface area contributed by atoms with Crippen molar-refractivity contribution < 1.29 is 84.4 Å². The fourth-order valence-corrected chi connectivity index (χ4v) is 11.5. The third-order valence-electron chi connectivity index (χ3n) is 14.0. The van der Waals surface area contributed by atoms with E-state index in [9.17, 15) is 14.7 Å². The number of nitrogens with one attached hydrogen (secondary N) is 2. The Bertz CT molecular complexity index is 2820. The van der Waals surface area contributed by atoms with E-state index in [0.717, 1.165) is 21.3 Å². The number of benzene rings is 2. The zero-order valence-corrected chi connectivity index (χ0v) is 52.9. The van der Waals surface area contributed by atoms with Crippen LogP contribution in [0.25, 0.3) is 11.0 Å². The van der Waals surface area contributed by atoms with E-state index in [1.54, 1.807) is 49.6 Å². The maximum atomic E-state index is 12.7. The van der Waals surface area contributed by atoms with Gasteiger partial charge in [-0.25, -0.2) is 19.0 Å². The van der Waals surface area contributed by atoms with Crippen LogP contribution in [0.4, 0.5) is 11.6 Å². The molecule has 0 unspecified atom stereocenters. The minimum absolute atomic E-state index is 0. The van der Waals surface area contributed by atoms with Crippen molar-refractivity contribution in [2.24, 2.45) is 11.8 Å². The molecule has 6 aromatic rings. The summed E-state index contributed by atoms with van der Waals surface area (Å²) in [7, 11) is -4.08. The van der Waals surface area contributed by atoms with Gasteiger partial charge in [0.2, 0.25) is 0 Å². The first-order valence-electron chi connectivity index (χ1n) is 24.5. The summed E-state index contributed by atoms with van der Waals surface area (Å²) in [6.45, 7) is 35.8. The minimum atomic E-state index is -2.05. The molecule has 2 amide bonds. The average Bonchev–Trinajstić information content (AvgIpc) is 4.07. The number of alkyl halides is 1. The van der Waals surface area contributed by atoms with Crippen molar-refractivity contribution in [2.45, 2.75) is 149 Å². The van der Waals surface area contributed by atoms with Gasteiger partial charge in [-0.3, -0.25) is 9.59 Å². The molecule has 6 heterocycles. The van der Waals surface area contributed by atoms with Crippen molar-refractivity contribution in [3.8, 4) is 0 Å². The third-order valence-corrected chi connectivity index (χ3v) is 23.8. The molecule has 2 saturated heterocycles. The van der Waals surface area contributed by atoms with Gasteiger partial charge in [0.15, 0.2) is 34.4 Å². The second-order valence-electron chi connectivity index (χ2n) is 22.7. The Morgan fingerprint density at radius 1 is 0.685 bits per heavy atom. The van der Waals surface area contributed by atoms with Crippen molar-refractivity contribution in [2.75, 3.05) is 15.1 Å². The zero-order chi connectivity index (χ0) is 53.1. The Morgan fingerprint density at radius 3 is 1.48 bits per heavy atom. The summed E-state index contributed by atoms with van der Waals surface area (Å²) in [4.78, 5) is 34.0. The Balaban J connectivity index is 0.000000245.